The molecule has 24 heavy (non-hydrogen) atoms. The molecule has 2 N–H and O–H groups in total. The lowest BCUT2D eigenvalue weighted by molar-refractivity contribution is -0.137. The van der Waals surface area contributed by atoms with Crippen molar-refractivity contribution in [1.29, 1.82) is 0 Å². The monoisotopic (exact) mass is 330 g/mol. The van der Waals surface area contributed by atoms with Gasteiger partial charge in [-0.25, -0.2) is 4.98 Å². The van der Waals surface area contributed by atoms with Gasteiger partial charge in [-0.3, -0.25) is 9.59 Å². The second kappa shape index (κ2) is 6.79. The first-order chi connectivity index (χ1) is 11.5. The van der Waals surface area contributed by atoms with E-state index in [1.165, 1.54) is 6.42 Å². The Labute approximate surface area is 143 Å². The highest BCUT2D eigenvalue weighted by Gasteiger charge is 2.31. The number of rotatable bonds is 3. The third kappa shape index (κ3) is 3.23. The molecule has 0 radical (unpaired) electrons. The highest BCUT2D eigenvalue weighted by atomic mass is 16.2. The summed E-state index contributed by atoms with van der Waals surface area (Å²) in [5, 5.41) is 0. The Hall–Kier alpha value is -2.11. The minimum absolute atomic E-state index is 0.234. The lowest BCUT2D eigenvalue weighted by Gasteiger charge is -2.31. The Morgan fingerprint density at radius 3 is 2.50 bits per heavy atom. The van der Waals surface area contributed by atoms with Crippen LogP contribution in [0.15, 0.2) is 6.07 Å². The molecule has 1 aliphatic carbocycles. The fraction of sp³-hybridized carbons (Fsp3) is 0.611. The van der Waals surface area contributed by atoms with Crippen molar-refractivity contribution in [2.24, 2.45) is 11.7 Å². The topological polar surface area (TPSA) is 79.5 Å². The first-order valence-corrected chi connectivity index (χ1v) is 8.79. The first kappa shape index (κ1) is 16.7. The van der Waals surface area contributed by atoms with Crippen molar-refractivity contribution >= 4 is 17.6 Å². The summed E-state index contributed by atoms with van der Waals surface area (Å²) in [7, 11) is 0. The van der Waals surface area contributed by atoms with Crippen LogP contribution in [-0.2, 0) is 4.79 Å². The van der Waals surface area contributed by atoms with Crippen LogP contribution in [0.5, 0.6) is 0 Å². The SMILES string of the molecule is Cc1cc(C(N)=O)c(N2CCCN(C(=O)C3CCC3)CC2)nc1C. The summed E-state index contributed by atoms with van der Waals surface area (Å²) < 4.78 is 0. The molecule has 1 saturated heterocycles. The number of aryl methyl sites for hydroxylation is 2. The van der Waals surface area contributed by atoms with E-state index in [-0.39, 0.29) is 5.92 Å². The first-order valence-electron chi connectivity index (χ1n) is 8.79. The number of hydrogen-bond acceptors (Lipinski definition) is 4. The number of pyridine rings is 1. The van der Waals surface area contributed by atoms with Crippen LogP contribution in [0, 0.1) is 19.8 Å². The fourth-order valence-electron chi connectivity index (χ4n) is 3.38. The Morgan fingerprint density at radius 1 is 1.12 bits per heavy atom. The number of amides is 2. The van der Waals surface area contributed by atoms with E-state index < -0.39 is 5.91 Å². The number of carbonyl (C=O) groups is 2. The Bertz CT molecular complexity index is 655. The predicted octanol–water partition coefficient (Wildman–Crippen LogP) is 1.64. The second-order valence-corrected chi connectivity index (χ2v) is 6.92. The summed E-state index contributed by atoms with van der Waals surface area (Å²) >= 11 is 0. The van der Waals surface area contributed by atoms with E-state index in [4.69, 9.17) is 5.73 Å². The molecule has 0 atom stereocenters. The Morgan fingerprint density at radius 2 is 1.88 bits per heavy atom. The van der Waals surface area contributed by atoms with Gasteiger partial charge in [-0.05, 0) is 44.7 Å². The van der Waals surface area contributed by atoms with Crippen molar-refractivity contribution in [3.05, 3.63) is 22.9 Å². The number of anilines is 1. The smallest absolute Gasteiger partial charge is 0.252 e. The Balaban J connectivity index is 1.77. The van der Waals surface area contributed by atoms with Gasteiger partial charge >= 0.3 is 0 Å². The zero-order valence-corrected chi connectivity index (χ0v) is 14.5. The van der Waals surface area contributed by atoms with E-state index in [1.54, 1.807) is 0 Å². The van der Waals surface area contributed by atoms with Gasteiger partial charge < -0.3 is 15.5 Å². The third-order valence-corrected chi connectivity index (χ3v) is 5.27. The van der Waals surface area contributed by atoms with Crippen molar-refractivity contribution in [1.82, 2.24) is 9.88 Å². The van der Waals surface area contributed by atoms with Crippen LogP contribution in [0.1, 0.15) is 47.3 Å². The molecule has 130 valence electrons. The van der Waals surface area contributed by atoms with E-state index in [0.29, 0.717) is 30.4 Å². The Kier molecular flexibility index (Phi) is 4.73. The van der Waals surface area contributed by atoms with E-state index in [0.717, 1.165) is 43.6 Å². The van der Waals surface area contributed by atoms with Gasteiger partial charge in [0.2, 0.25) is 5.91 Å². The third-order valence-electron chi connectivity index (χ3n) is 5.27. The molecule has 2 amide bonds. The second-order valence-electron chi connectivity index (χ2n) is 6.92. The lowest BCUT2D eigenvalue weighted by Crippen LogP contribution is -2.41. The van der Waals surface area contributed by atoms with Crippen molar-refractivity contribution in [3.63, 3.8) is 0 Å². The summed E-state index contributed by atoms with van der Waals surface area (Å²) in [4.78, 5) is 33.0. The molecule has 2 heterocycles. The summed E-state index contributed by atoms with van der Waals surface area (Å²) in [6.45, 7) is 6.80. The molecular formula is C18H26N4O2. The molecule has 1 aromatic heterocycles. The van der Waals surface area contributed by atoms with Crippen molar-refractivity contribution < 1.29 is 9.59 Å². The van der Waals surface area contributed by atoms with Crippen LogP contribution >= 0.6 is 0 Å². The van der Waals surface area contributed by atoms with E-state index >= 15 is 0 Å². The molecule has 6 nitrogen and oxygen atoms in total. The van der Waals surface area contributed by atoms with Gasteiger partial charge in [0.15, 0.2) is 0 Å². The van der Waals surface area contributed by atoms with Crippen LogP contribution in [-0.4, -0.2) is 47.9 Å². The lowest BCUT2D eigenvalue weighted by atomic mass is 9.84. The maximum Gasteiger partial charge on any atom is 0.252 e. The standard InChI is InChI=1S/C18H26N4O2/c1-12-11-15(16(19)23)17(20-13(12)2)21-7-4-8-22(10-9-21)18(24)14-5-3-6-14/h11,14H,3-10H2,1-2H3,(H2,19,23). The van der Waals surface area contributed by atoms with Gasteiger partial charge in [0.1, 0.15) is 5.82 Å². The predicted molar refractivity (Wildman–Crippen MR) is 93.0 cm³/mol. The van der Waals surface area contributed by atoms with Crippen molar-refractivity contribution in [2.45, 2.75) is 39.5 Å². The molecule has 1 saturated carbocycles. The molecule has 6 heteroatoms. The molecule has 1 aromatic rings. The van der Waals surface area contributed by atoms with Gasteiger partial charge in [-0.2, -0.15) is 0 Å². The summed E-state index contributed by atoms with van der Waals surface area (Å²) in [5.41, 5.74) is 7.89. The largest absolute Gasteiger partial charge is 0.365 e. The summed E-state index contributed by atoms with van der Waals surface area (Å²) in [5.74, 6) is 0.736. The summed E-state index contributed by atoms with van der Waals surface area (Å²) in [6, 6.07) is 1.82. The highest BCUT2D eigenvalue weighted by molar-refractivity contribution is 5.98. The van der Waals surface area contributed by atoms with Crippen LogP contribution in [0.25, 0.3) is 0 Å². The number of hydrogen-bond donors (Lipinski definition) is 1. The number of aromatic nitrogens is 1. The van der Waals surface area contributed by atoms with E-state index in [1.807, 2.05) is 24.8 Å². The molecule has 1 aliphatic heterocycles. The normalized spacial score (nSPS) is 18.9. The molecule has 0 unspecified atom stereocenters. The molecule has 0 bridgehead atoms. The van der Waals surface area contributed by atoms with Crippen LogP contribution in [0.4, 0.5) is 5.82 Å². The minimum Gasteiger partial charge on any atom is -0.365 e. The molecule has 2 fully saturated rings. The van der Waals surface area contributed by atoms with Gasteiger partial charge in [0.05, 0.1) is 5.56 Å². The van der Waals surface area contributed by atoms with Gasteiger partial charge in [-0.15, -0.1) is 0 Å². The number of nitrogens with two attached hydrogens (primary N) is 1. The quantitative estimate of drug-likeness (QED) is 0.913. The van der Waals surface area contributed by atoms with Gasteiger partial charge in [-0.1, -0.05) is 6.42 Å². The van der Waals surface area contributed by atoms with Crippen molar-refractivity contribution in [3.8, 4) is 0 Å². The molecule has 3 rings (SSSR count). The van der Waals surface area contributed by atoms with Crippen LogP contribution in [0.3, 0.4) is 0 Å². The molecule has 0 aromatic carbocycles. The number of nitrogens with zero attached hydrogens (tertiary/aromatic N) is 3. The molecule has 0 spiro atoms. The minimum atomic E-state index is -0.452. The maximum atomic E-state index is 12.5. The zero-order chi connectivity index (χ0) is 17.3. The number of primary amides is 1. The number of carbonyl (C=O) groups excluding carboxylic acids is 2. The van der Waals surface area contributed by atoms with Gasteiger partial charge in [0, 0.05) is 37.8 Å². The molecule has 2 aliphatic rings. The summed E-state index contributed by atoms with van der Waals surface area (Å²) in [6.07, 6.45) is 4.11. The van der Waals surface area contributed by atoms with Gasteiger partial charge in [0.25, 0.3) is 5.91 Å². The van der Waals surface area contributed by atoms with Crippen molar-refractivity contribution in [2.75, 3.05) is 31.1 Å². The zero-order valence-electron chi connectivity index (χ0n) is 14.5. The van der Waals surface area contributed by atoms with E-state index in [2.05, 4.69) is 9.88 Å². The van der Waals surface area contributed by atoms with Crippen LogP contribution < -0.4 is 10.6 Å². The average molecular weight is 330 g/mol. The molecular weight excluding hydrogens is 304 g/mol. The van der Waals surface area contributed by atoms with Crippen LogP contribution in [0.2, 0.25) is 0 Å². The fourth-order valence-corrected chi connectivity index (χ4v) is 3.38. The van der Waals surface area contributed by atoms with E-state index in [9.17, 15) is 9.59 Å². The highest BCUT2D eigenvalue weighted by Crippen LogP contribution is 2.29. The average Bonchev–Trinajstić information content (AvgIpc) is 2.73. The maximum absolute atomic E-state index is 12.5.